The van der Waals surface area contributed by atoms with Crippen molar-refractivity contribution in [1.29, 1.82) is 0 Å². The summed E-state index contributed by atoms with van der Waals surface area (Å²) in [5, 5.41) is 22.2. The molecule has 0 aromatic carbocycles. The molecule has 1 aliphatic rings. The Balaban J connectivity index is 2.35. The van der Waals surface area contributed by atoms with E-state index in [1.807, 2.05) is 0 Å². The Morgan fingerprint density at radius 3 is 2.60 bits per heavy atom. The molecule has 0 spiro atoms. The smallest absolute Gasteiger partial charge is 0.341 e. The summed E-state index contributed by atoms with van der Waals surface area (Å²) in [5.74, 6) is 0.367. The predicted molar refractivity (Wildman–Crippen MR) is 86.3 cm³/mol. The Labute approximate surface area is 140 Å². The average molecular weight is 344 g/mol. The van der Waals surface area contributed by atoms with E-state index in [0.717, 1.165) is 10.8 Å². The quantitative estimate of drug-likeness (QED) is 0.615. The largest absolute Gasteiger partial charge is 0.481 e. The summed E-state index contributed by atoms with van der Waals surface area (Å²) in [4.78, 5) is 37.0. The number of fused-ring (bicyclic) bond motifs is 1. The summed E-state index contributed by atoms with van der Waals surface area (Å²) in [5.41, 5.74) is -2.55. The van der Waals surface area contributed by atoms with Crippen molar-refractivity contribution < 1.29 is 14.6 Å². The molecular weight excluding hydrogens is 332 g/mol. The third kappa shape index (κ3) is 2.84. The maximum Gasteiger partial charge on any atom is 0.341 e. The first-order valence-electron chi connectivity index (χ1n) is 7.12. The molecule has 0 amide bonds. The molecule has 128 valence electrons. The molecule has 0 atom stereocenters. The molecule has 2 aromatic rings. The summed E-state index contributed by atoms with van der Waals surface area (Å²) < 4.78 is 6.65. The van der Waals surface area contributed by atoms with Crippen molar-refractivity contribution in [3.05, 3.63) is 72.9 Å². The number of hydrogen-bond acceptors (Lipinski definition) is 7. The fourth-order valence-electron chi connectivity index (χ4n) is 2.56. The zero-order chi connectivity index (χ0) is 18.4. The molecule has 1 aliphatic heterocycles. The van der Waals surface area contributed by atoms with Crippen molar-refractivity contribution in [3.8, 4) is 5.75 Å². The van der Waals surface area contributed by atoms with Crippen molar-refractivity contribution in [2.24, 2.45) is 0 Å². The Hall–Kier alpha value is -3.56. The van der Waals surface area contributed by atoms with Crippen molar-refractivity contribution in [1.82, 2.24) is 9.55 Å². The maximum absolute atomic E-state index is 12.5. The lowest BCUT2D eigenvalue weighted by molar-refractivity contribution is -0.395. The summed E-state index contributed by atoms with van der Waals surface area (Å²) >= 11 is 0. The molecule has 10 nitrogen and oxygen atoms in total. The van der Waals surface area contributed by atoms with Crippen LogP contribution >= 0.6 is 0 Å². The third-order valence-corrected chi connectivity index (χ3v) is 3.57. The first-order valence-corrected chi connectivity index (χ1v) is 7.12. The van der Waals surface area contributed by atoms with Crippen LogP contribution in [0.5, 0.6) is 5.75 Å². The fraction of sp³-hybridized carbons (Fsp3) is 0.200. The molecular formula is C15H12N4O6. The second-order valence-electron chi connectivity index (χ2n) is 5.88. The summed E-state index contributed by atoms with van der Waals surface area (Å²) in [7, 11) is 0. The van der Waals surface area contributed by atoms with E-state index in [4.69, 9.17) is 4.74 Å². The van der Waals surface area contributed by atoms with Crippen LogP contribution in [0.2, 0.25) is 0 Å². The van der Waals surface area contributed by atoms with Crippen molar-refractivity contribution in [3.63, 3.8) is 0 Å². The highest BCUT2D eigenvalue weighted by Crippen LogP contribution is 2.36. The van der Waals surface area contributed by atoms with Gasteiger partial charge in [0.2, 0.25) is 0 Å². The highest BCUT2D eigenvalue weighted by molar-refractivity contribution is 5.73. The van der Waals surface area contributed by atoms with Gasteiger partial charge in [0.1, 0.15) is 17.4 Å². The molecule has 0 radical (unpaired) electrons. The van der Waals surface area contributed by atoms with Crippen LogP contribution in [0.15, 0.2) is 41.6 Å². The van der Waals surface area contributed by atoms with Gasteiger partial charge in [-0.2, -0.15) is 0 Å². The molecule has 3 heterocycles. The Kier molecular flexibility index (Phi) is 3.59. The number of nitrogens with zero attached hydrogens (tertiary/aromatic N) is 4. The molecule has 0 N–H and O–H groups in total. The topological polar surface area (TPSA) is 130 Å². The Morgan fingerprint density at radius 1 is 1.24 bits per heavy atom. The van der Waals surface area contributed by atoms with Gasteiger partial charge < -0.3 is 4.74 Å². The predicted octanol–water partition coefficient (Wildman–Crippen LogP) is 2.12. The van der Waals surface area contributed by atoms with Crippen LogP contribution in [0.4, 0.5) is 11.4 Å². The van der Waals surface area contributed by atoms with E-state index in [2.05, 4.69) is 4.98 Å². The Morgan fingerprint density at radius 2 is 1.96 bits per heavy atom. The molecule has 0 fully saturated rings. The number of ether oxygens (including phenoxy) is 1. The van der Waals surface area contributed by atoms with Gasteiger partial charge in [0.05, 0.1) is 27.9 Å². The van der Waals surface area contributed by atoms with Gasteiger partial charge in [-0.1, -0.05) is 0 Å². The molecule has 0 saturated carbocycles. The lowest BCUT2D eigenvalue weighted by Crippen LogP contribution is -2.32. The zero-order valence-corrected chi connectivity index (χ0v) is 13.2. The lowest BCUT2D eigenvalue weighted by atomic mass is 10.00. The van der Waals surface area contributed by atoms with Crippen LogP contribution < -0.4 is 10.3 Å². The van der Waals surface area contributed by atoms with E-state index in [1.54, 1.807) is 26.0 Å². The number of aromatic nitrogens is 2. The number of pyridine rings is 2. The number of rotatable bonds is 3. The minimum absolute atomic E-state index is 0.255. The molecule has 0 saturated heterocycles. The monoisotopic (exact) mass is 344 g/mol. The van der Waals surface area contributed by atoms with Gasteiger partial charge in [0.25, 0.3) is 5.69 Å². The van der Waals surface area contributed by atoms with E-state index in [9.17, 15) is 25.0 Å². The van der Waals surface area contributed by atoms with E-state index in [-0.39, 0.29) is 5.70 Å². The second-order valence-corrected chi connectivity index (χ2v) is 5.88. The molecule has 25 heavy (non-hydrogen) atoms. The normalized spacial score (nSPS) is 14.9. The van der Waals surface area contributed by atoms with E-state index in [0.29, 0.717) is 17.4 Å². The first-order chi connectivity index (χ1) is 11.7. The summed E-state index contributed by atoms with van der Waals surface area (Å²) in [6, 6.07) is 2.21. The molecule has 2 aromatic heterocycles. The maximum atomic E-state index is 12.5. The van der Waals surface area contributed by atoms with Gasteiger partial charge in [-0.15, -0.1) is 0 Å². The second kappa shape index (κ2) is 5.51. The van der Waals surface area contributed by atoms with E-state index >= 15 is 0 Å². The lowest BCUT2D eigenvalue weighted by Gasteiger charge is -2.30. The minimum Gasteiger partial charge on any atom is -0.481 e. The van der Waals surface area contributed by atoms with E-state index in [1.165, 1.54) is 12.4 Å². The molecule has 10 heteroatoms. The van der Waals surface area contributed by atoms with Crippen LogP contribution in [0.1, 0.15) is 19.4 Å². The number of nitro groups is 2. The zero-order valence-electron chi connectivity index (χ0n) is 13.2. The first kappa shape index (κ1) is 16.3. The van der Waals surface area contributed by atoms with Gasteiger partial charge in [0.15, 0.2) is 0 Å². The average Bonchev–Trinajstić information content (AvgIpc) is 2.53. The Bertz CT molecular complexity index is 992. The van der Waals surface area contributed by atoms with Gasteiger partial charge in [-0.05, 0) is 26.0 Å². The standard InChI is InChI=1S/C15H12N4O6/c1-15(2)6-12(10-3-4-16-7-13(10)25-15)17-8-9(18(21)22)5-11(14(17)20)19(23)24/h3-8H,1-2H3. The van der Waals surface area contributed by atoms with Gasteiger partial charge in [-0.25, -0.2) is 0 Å². The summed E-state index contributed by atoms with van der Waals surface area (Å²) in [6.07, 6.45) is 5.45. The molecule has 0 bridgehead atoms. The van der Waals surface area contributed by atoms with Crippen LogP contribution in [0.25, 0.3) is 5.70 Å². The van der Waals surface area contributed by atoms with Gasteiger partial charge in [-0.3, -0.25) is 34.6 Å². The summed E-state index contributed by atoms with van der Waals surface area (Å²) in [6.45, 7) is 3.44. The highest BCUT2D eigenvalue weighted by atomic mass is 16.6. The molecule has 0 aliphatic carbocycles. The van der Waals surface area contributed by atoms with Crippen LogP contribution in [-0.2, 0) is 0 Å². The van der Waals surface area contributed by atoms with Crippen LogP contribution in [-0.4, -0.2) is 25.0 Å². The minimum atomic E-state index is -0.970. The molecule has 0 unspecified atom stereocenters. The van der Waals surface area contributed by atoms with Gasteiger partial charge >= 0.3 is 11.2 Å². The van der Waals surface area contributed by atoms with E-state index < -0.39 is 32.4 Å². The van der Waals surface area contributed by atoms with Crippen LogP contribution in [0, 0.1) is 20.2 Å². The van der Waals surface area contributed by atoms with Gasteiger partial charge in [0, 0.05) is 11.8 Å². The fourth-order valence-corrected chi connectivity index (χ4v) is 2.56. The van der Waals surface area contributed by atoms with Crippen molar-refractivity contribution >= 4 is 17.1 Å². The van der Waals surface area contributed by atoms with Crippen LogP contribution in [0.3, 0.4) is 0 Å². The van der Waals surface area contributed by atoms with Crippen molar-refractivity contribution in [2.45, 2.75) is 19.4 Å². The molecule has 3 rings (SSSR count). The highest BCUT2D eigenvalue weighted by Gasteiger charge is 2.31. The number of hydrogen-bond donors (Lipinski definition) is 0. The third-order valence-electron chi connectivity index (χ3n) is 3.57. The SMILES string of the molecule is CC1(C)C=C(n2cc([N+](=O)[O-])cc([N+](=O)[O-])c2=O)c2ccncc2O1. The van der Waals surface area contributed by atoms with Crippen molar-refractivity contribution in [2.75, 3.05) is 0 Å².